The molecule has 76 valence electrons. The Balaban J connectivity index is 2.48. The molecule has 0 amide bonds. The van der Waals surface area contributed by atoms with Gasteiger partial charge in [-0.3, -0.25) is 0 Å². The highest BCUT2D eigenvalue weighted by atomic mass is 16.7. The summed E-state index contributed by atoms with van der Waals surface area (Å²) in [4.78, 5) is 22.7. The van der Waals surface area contributed by atoms with Crippen molar-refractivity contribution in [3.05, 3.63) is 47.6 Å². The van der Waals surface area contributed by atoms with Crippen LogP contribution in [-0.4, -0.2) is 17.0 Å². The van der Waals surface area contributed by atoms with Crippen molar-refractivity contribution in [2.45, 2.75) is 0 Å². The quantitative estimate of drug-likeness (QED) is 0.512. The van der Waals surface area contributed by atoms with E-state index in [1.54, 1.807) is 0 Å². The van der Waals surface area contributed by atoms with Crippen molar-refractivity contribution in [2.75, 3.05) is 0 Å². The third-order valence-electron chi connectivity index (χ3n) is 1.85. The van der Waals surface area contributed by atoms with E-state index in [0.29, 0.717) is 6.26 Å². The zero-order valence-electron chi connectivity index (χ0n) is 7.47. The fourth-order valence-electron chi connectivity index (χ4n) is 1.12. The summed E-state index contributed by atoms with van der Waals surface area (Å²) in [6.45, 7) is 0. The summed E-state index contributed by atoms with van der Waals surface area (Å²) in [7, 11) is 0. The normalized spacial score (nSPS) is 14.8. The van der Waals surface area contributed by atoms with Crippen LogP contribution in [0.1, 0.15) is 20.7 Å². The molecule has 0 saturated carbocycles. The zero-order chi connectivity index (χ0) is 10.8. The monoisotopic (exact) mass is 206 g/mol. The summed E-state index contributed by atoms with van der Waals surface area (Å²) in [6.07, 6.45) is 0.418. The van der Waals surface area contributed by atoms with Crippen molar-refractivity contribution in [1.29, 1.82) is 0 Å². The van der Waals surface area contributed by atoms with Gasteiger partial charge in [0.2, 0.25) is 0 Å². The van der Waals surface area contributed by atoms with Crippen molar-refractivity contribution < 1.29 is 24.2 Å². The van der Waals surface area contributed by atoms with Gasteiger partial charge in [-0.2, -0.15) is 0 Å². The van der Waals surface area contributed by atoms with Gasteiger partial charge in [0, 0.05) is 0 Å². The Labute approximate surface area is 84.5 Å². The standard InChI is InChI=1S/C10H6O5/c11-5-8-14-9(12)6-1-2-7(4-3-6)10(13)15-8/h1-5,11H. The van der Waals surface area contributed by atoms with Crippen LogP contribution in [0.2, 0.25) is 0 Å². The Kier molecular flexibility index (Phi) is 2.13. The van der Waals surface area contributed by atoms with Gasteiger partial charge in [-0.25, -0.2) is 9.59 Å². The van der Waals surface area contributed by atoms with E-state index in [-0.39, 0.29) is 11.1 Å². The molecule has 0 unspecified atom stereocenters. The molecular formula is C10H6O5. The van der Waals surface area contributed by atoms with Crippen LogP contribution in [0.4, 0.5) is 0 Å². The lowest BCUT2D eigenvalue weighted by molar-refractivity contribution is 0.0210. The van der Waals surface area contributed by atoms with E-state index in [0.717, 1.165) is 0 Å². The van der Waals surface area contributed by atoms with Gasteiger partial charge in [0.05, 0.1) is 11.1 Å². The van der Waals surface area contributed by atoms with E-state index in [1.165, 1.54) is 24.3 Å². The molecule has 0 radical (unpaired) electrons. The van der Waals surface area contributed by atoms with Crippen LogP contribution in [0, 0.1) is 0 Å². The summed E-state index contributed by atoms with van der Waals surface area (Å²) in [6, 6.07) is 5.77. The molecule has 0 saturated heterocycles. The molecule has 5 heteroatoms. The first kappa shape index (κ1) is 9.26. The van der Waals surface area contributed by atoms with E-state index >= 15 is 0 Å². The van der Waals surface area contributed by atoms with Gasteiger partial charge < -0.3 is 14.6 Å². The lowest BCUT2D eigenvalue weighted by Gasteiger charge is -2.04. The first-order chi connectivity index (χ1) is 7.20. The molecule has 2 aliphatic heterocycles. The van der Waals surface area contributed by atoms with Gasteiger partial charge in [0.15, 0.2) is 6.26 Å². The number of aliphatic hydroxyl groups excluding tert-OH is 1. The minimum atomic E-state index is -0.698. The number of hydrogen-bond acceptors (Lipinski definition) is 5. The van der Waals surface area contributed by atoms with Gasteiger partial charge >= 0.3 is 17.9 Å². The summed E-state index contributed by atoms with van der Waals surface area (Å²) in [5.41, 5.74) is 0.549. The fraction of sp³-hybridized carbons (Fsp3) is 0. The largest absolute Gasteiger partial charge is 0.508 e. The molecule has 0 spiro atoms. The maximum absolute atomic E-state index is 11.3. The zero-order valence-corrected chi connectivity index (χ0v) is 7.47. The maximum atomic E-state index is 11.3. The molecule has 1 aromatic rings. The molecule has 0 atom stereocenters. The van der Waals surface area contributed by atoms with Gasteiger partial charge in [0.25, 0.3) is 0 Å². The Morgan fingerprint density at radius 2 is 1.33 bits per heavy atom. The molecule has 1 aromatic carbocycles. The second-order valence-corrected chi connectivity index (χ2v) is 2.80. The Bertz CT molecular complexity index is 404. The first-order valence-corrected chi connectivity index (χ1v) is 4.09. The summed E-state index contributed by atoms with van der Waals surface area (Å²) in [5, 5.41) is 8.65. The van der Waals surface area contributed by atoms with Crippen LogP contribution in [-0.2, 0) is 9.47 Å². The summed E-state index contributed by atoms with van der Waals surface area (Å²) >= 11 is 0. The number of carbonyl (C=O) groups excluding carboxylic acids is 2. The molecule has 15 heavy (non-hydrogen) atoms. The van der Waals surface area contributed by atoms with Crippen LogP contribution in [0.25, 0.3) is 0 Å². The van der Waals surface area contributed by atoms with E-state index in [2.05, 4.69) is 9.47 Å². The third-order valence-corrected chi connectivity index (χ3v) is 1.85. The van der Waals surface area contributed by atoms with Crippen molar-refractivity contribution in [1.82, 2.24) is 0 Å². The Morgan fingerprint density at radius 3 is 1.67 bits per heavy atom. The number of hydrogen-bond donors (Lipinski definition) is 1. The summed E-state index contributed by atoms with van der Waals surface area (Å²) in [5.74, 6) is -1.93. The lowest BCUT2D eigenvalue weighted by Crippen LogP contribution is -2.08. The number of esters is 2. The van der Waals surface area contributed by atoms with Gasteiger partial charge in [-0.1, -0.05) is 0 Å². The van der Waals surface area contributed by atoms with Gasteiger partial charge in [0.1, 0.15) is 0 Å². The molecule has 1 N–H and O–H groups in total. The molecule has 0 aliphatic carbocycles. The van der Waals surface area contributed by atoms with Crippen LogP contribution in [0.3, 0.4) is 0 Å². The van der Waals surface area contributed by atoms with Crippen LogP contribution < -0.4 is 0 Å². The highest BCUT2D eigenvalue weighted by molar-refractivity contribution is 5.95. The fourth-order valence-corrected chi connectivity index (χ4v) is 1.12. The molecule has 0 aromatic heterocycles. The predicted molar refractivity (Wildman–Crippen MR) is 48.0 cm³/mol. The Hall–Kier alpha value is -2.30. The average Bonchev–Trinajstić information content (AvgIpc) is 2.35. The van der Waals surface area contributed by atoms with Gasteiger partial charge in [-0.15, -0.1) is 0 Å². The predicted octanol–water partition coefficient (Wildman–Crippen LogP) is 1.37. The number of ether oxygens (including phenoxy) is 2. The number of carbonyl (C=O) groups is 2. The highest BCUT2D eigenvalue weighted by Gasteiger charge is 2.19. The SMILES string of the molecule is O=C1OC(=CO)OC(=O)c2ccc1cc2. The van der Waals surface area contributed by atoms with E-state index in [1.807, 2.05) is 0 Å². The maximum Gasteiger partial charge on any atom is 0.345 e. The lowest BCUT2D eigenvalue weighted by atomic mass is 10.1. The van der Waals surface area contributed by atoms with Crippen molar-refractivity contribution >= 4 is 11.9 Å². The van der Waals surface area contributed by atoms with Crippen molar-refractivity contribution in [3.8, 4) is 0 Å². The van der Waals surface area contributed by atoms with E-state index < -0.39 is 17.9 Å². The molecule has 2 aliphatic rings. The van der Waals surface area contributed by atoms with E-state index in [4.69, 9.17) is 5.11 Å². The summed E-state index contributed by atoms with van der Waals surface area (Å²) < 4.78 is 9.19. The molecule has 3 rings (SSSR count). The topological polar surface area (TPSA) is 72.8 Å². The minimum absolute atomic E-state index is 0.274. The number of aliphatic hydroxyl groups is 1. The molecule has 2 bridgehead atoms. The van der Waals surface area contributed by atoms with Crippen LogP contribution in [0.15, 0.2) is 36.5 Å². The average molecular weight is 206 g/mol. The Morgan fingerprint density at radius 1 is 0.933 bits per heavy atom. The number of rotatable bonds is 0. The van der Waals surface area contributed by atoms with E-state index in [9.17, 15) is 9.59 Å². The molecule has 5 nitrogen and oxygen atoms in total. The number of fused-ring (bicyclic) bond motifs is 6. The molecular weight excluding hydrogens is 200 g/mol. The van der Waals surface area contributed by atoms with Crippen LogP contribution in [0.5, 0.6) is 0 Å². The highest BCUT2D eigenvalue weighted by Crippen LogP contribution is 2.15. The van der Waals surface area contributed by atoms with Crippen molar-refractivity contribution in [2.24, 2.45) is 0 Å². The third kappa shape index (κ3) is 1.67. The molecule has 2 heterocycles. The smallest absolute Gasteiger partial charge is 0.345 e. The molecule has 0 fully saturated rings. The first-order valence-electron chi connectivity index (χ1n) is 4.09. The number of benzene rings is 1. The second-order valence-electron chi connectivity index (χ2n) is 2.80. The van der Waals surface area contributed by atoms with Crippen molar-refractivity contribution in [3.63, 3.8) is 0 Å². The minimum Gasteiger partial charge on any atom is -0.508 e. The second kappa shape index (κ2) is 3.45. The van der Waals surface area contributed by atoms with Gasteiger partial charge in [-0.05, 0) is 24.3 Å². The van der Waals surface area contributed by atoms with Crippen LogP contribution >= 0.6 is 0 Å².